The Labute approximate surface area is 179 Å². The van der Waals surface area contributed by atoms with Crippen molar-refractivity contribution in [1.82, 2.24) is 19.8 Å². The fourth-order valence-electron chi connectivity index (χ4n) is 3.74. The number of carbonyl (C=O) groups excluding carboxylic acids is 1. The normalized spacial score (nSPS) is 14.6. The maximum Gasteiger partial charge on any atom is 0.328 e. The molecule has 2 N–H and O–H groups in total. The summed E-state index contributed by atoms with van der Waals surface area (Å²) in [7, 11) is 0. The number of hydrogen-bond donors (Lipinski definition) is 2. The highest BCUT2D eigenvalue weighted by molar-refractivity contribution is 5.97. The van der Waals surface area contributed by atoms with Crippen LogP contribution in [0.15, 0.2) is 58.1 Å². The molecule has 2 aromatic carbocycles. The molecule has 3 aromatic rings. The van der Waals surface area contributed by atoms with Gasteiger partial charge in [0.15, 0.2) is 0 Å². The molecule has 1 amide bonds. The number of fused-ring (bicyclic) bond motifs is 1. The van der Waals surface area contributed by atoms with E-state index in [2.05, 4.69) is 15.2 Å². The van der Waals surface area contributed by atoms with Gasteiger partial charge in [0.05, 0.1) is 24.1 Å². The molecule has 0 atom stereocenters. The zero-order chi connectivity index (χ0) is 21.6. The highest BCUT2D eigenvalue weighted by Gasteiger charge is 2.13. The molecular formula is C23H26N4O4. The standard InChI is InChI=1S/C23H26N4O4/c28-21(24-9-11-26-12-14-31-15-13-26)18-6-7-19-20(16-18)25-23(30)27(22(19)29)10-8-17-4-2-1-3-5-17/h1-7,16H,8-15H2,(H,24,28)(H,25,30). The van der Waals surface area contributed by atoms with Crippen LogP contribution in [0.1, 0.15) is 15.9 Å². The molecule has 8 nitrogen and oxygen atoms in total. The average Bonchev–Trinajstić information content (AvgIpc) is 2.80. The monoisotopic (exact) mass is 422 g/mol. The lowest BCUT2D eigenvalue weighted by Gasteiger charge is -2.26. The molecule has 162 valence electrons. The molecular weight excluding hydrogens is 396 g/mol. The molecule has 0 saturated carbocycles. The molecule has 2 heterocycles. The SMILES string of the molecule is O=C(NCCN1CCOCC1)c1ccc2c(=O)n(CCc3ccccc3)c(=O)[nH]c2c1. The lowest BCUT2D eigenvalue weighted by atomic mass is 10.1. The topological polar surface area (TPSA) is 96.4 Å². The predicted molar refractivity (Wildman–Crippen MR) is 119 cm³/mol. The van der Waals surface area contributed by atoms with Gasteiger partial charge in [-0.1, -0.05) is 30.3 Å². The molecule has 0 unspecified atom stereocenters. The lowest BCUT2D eigenvalue weighted by molar-refractivity contribution is 0.0383. The molecule has 8 heteroatoms. The van der Waals surface area contributed by atoms with Crippen molar-refractivity contribution in [3.63, 3.8) is 0 Å². The van der Waals surface area contributed by atoms with E-state index in [-0.39, 0.29) is 18.0 Å². The van der Waals surface area contributed by atoms with E-state index < -0.39 is 5.69 Å². The largest absolute Gasteiger partial charge is 0.379 e. The van der Waals surface area contributed by atoms with Crippen molar-refractivity contribution in [2.24, 2.45) is 0 Å². The predicted octanol–water partition coefficient (Wildman–Crippen LogP) is 0.995. The van der Waals surface area contributed by atoms with Gasteiger partial charge in [-0.05, 0) is 30.2 Å². The molecule has 1 aromatic heterocycles. The molecule has 1 saturated heterocycles. The van der Waals surface area contributed by atoms with Gasteiger partial charge in [0.2, 0.25) is 0 Å². The summed E-state index contributed by atoms with van der Waals surface area (Å²) < 4.78 is 6.52. The second-order valence-corrected chi connectivity index (χ2v) is 7.59. The van der Waals surface area contributed by atoms with Crippen LogP contribution >= 0.6 is 0 Å². The summed E-state index contributed by atoms with van der Waals surface area (Å²) in [5.74, 6) is -0.232. The molecule has 0 bridgehead atoms. The van der Waals surface area contributed by atoms with E-state index in [0.29, 0.717) is 29.4 Å². The summed E-state index contributed by atoms with van der Waals surface area (Å²) in [6.45, 7) is 4.73. The summed E-state index contributed by atoms with van der Waals surface area (Å²) >= 11 is 0. The van der Waals surface area contributed by atoms with Gasteiger partial charge in [0, 0.05) is 38.3 Å². The number of nitrogens with one attached hydrogen (secondary N) is 2. The van der Waals surface area contributed by atoms with Crippen molar-refractivity contribution in [3.8, 4) is 0 Å². The van der Waals surface area contributed by atoms with Gasteiger partial charge < -0.3 is 15.0 Å². The van der Waals surface area contributed by atoms with Gasteiger partial charge in [-0.25, -0.2) is 4.79 Å². The Morgan fingerprint density at radius 3 is 2.58 bits per heavy atom. The third-order valence-corrected chi connectivity index (χ3v) is 5.53. The number of aromatic amines is 1. The minimum atomic E-state index is -0.474. The summed E-state index contributed by atoms with van der Waals surface area (Å²) in [5, 5.41) is 3.28. The second kappa shape index (κ2) is 9.72. The van der Waals surface area contributed by atoms with E-state index in [0.717, 1.165) is 38.4 Å². The number of H-pyrrole nitrogens is 1. The van der Waals surface area contributed by atoms with Crippen LogP contribution in [0.3, 0.4) is 0 Å². The van der Waals surface area contributed by atoms with E-state index >= 15 is 0 Å². The highest BCUT2D eigenvalue weighted by atomic mass is 16.5. The first-order valence-corrected chi connectivity index (χ1v) is 10.5. The van der Waals surface area contributed by atoms with Crippen LogP contribution in [0.25, 0.3) is 10.9 Å². The van der Waals surface area contributed by atoms with Gasteiger partial charge in [-0.2, -0.15) is 0 Å². The summed E-state index contributed by atoms with van der Waals surface area (Å²) in [6.07, 6.45) is 0.582. The number of amides is 1. The Hall–Kier alpha value is -3.23. The molecule has 0 radical (unpaired) electrons. The third kappa shape index (κ3) is 5.10. The fourth-order valence-corrected chi connectivity index (χ4v) is 3.74. The summed E-state index contributed by atoms with van der Waals surface area (Å²) in [6, 6.07) is 14.5. The van der Waals surface area contributed by atoms with E-state index in [9.17, 15) is 14.4 Å². The van der Waals surface area contributed by atoms with Crippen molar-refractivity contribution in [2.75, 3.05) is 39.4 Å². The Balaban J connectivity index is 1.45. The van der Waals surface area contributed by atoms with E-state index in [1.165, 1.54) is 4.57 Å². The summed E-state index contributed by atoms with van der Waals surface area (Å²) in [5.41, 5.74) is 1.00. The van der Waals surface area contributed by atoms with Crippen LogP contribution in [0.5, 0.6) is 0 Å². The van der Waals surface area contributed by atoms with E-state index in [4.69, 9.17) is 4.74 Å². The maximum atomic E-state index is 12.8. The van der Waals surface area contributed by atoms with Crippen molar-refractivity contribution < 1.29 is 9.53 Å². The average molecular weight is 422 g/mol. The number of benzene rings is 2. The van der Waals surface area contributed by atoms with Crippen molar-refractivity contribution >= 4 is 16.8 Å². The lowest BCUT2D eigenvalue weighted by Crippen LogP contribution is -2.41. The van der Waals surface area contributed by atoms with Gasteiger partial charge in [0.1, 0.15) is 0 Å². The van der Waals surface area contributed by atoms with Gasteiger partial charge in [-0.3, -0.25) is 19.1 Å². The first-order valence-electron chi connectivity index (χ1n) is 10.5. The number of carbonyl (C=O) groups is 1. The molecule has 0 spiro atoms. The fraction of sp³-hybridized carbons (Fsp3) is 0.348. The van der Waals surface area contributed by atoms with Crippen LogP contribution in [-0.2, 0) is 17.7 Å². The van der Waals surface area contributed by atoms with Crippen LogP contribution in [-0.4, -0.2) is 59.8 Å². The number of morpholine rings is 1. The van der Waals surface area contributed by atoms with Crippen LogP contribution in [0.2, 0.25) is 0 Å². The van der Waals surface area contributed by atoms with Gasteiger partial charge in [-0.15, -0.1) is 0 Å². The zero-order valence-corrected chi connectivity index (χ0v) is 17.3. The van der Waals surface area contributed by atoms with E-state index in [1.54, 1.807) is 18.2 Å². The first-order chi connectivity index (χ1) is 15.1. The highest BCUT2D eigenvalue weighted by Crippen LogP contribution is 2.10. The molecule has 31 heavy (non-hydrogen) atoms. The van der Waals surface area contributed by atoms with Crippen LogP contribution < -0.4 is 16.6 Å². The molecule has 1 fully saturated rings. The van der Waals surface area contributed by atoms with Gasteiger partial charge in [0.25, 0.3) is 11.5 Å². The molecule has 1 aliphatic rings. The number of ether oxygens (including phenoxy) is 1. The Morgan fingerprint density at radius 2 is 1.81 bits per heavy atom. The van der Waals surface area contributed by atoms with Crippen LogP contribution in [0, 0.1) is 0 Å². The zero-order valence-electron chi connectivity index (χ0n) is 17.3. The number of hydrogen-bond acceptors (Lipinski definition) is 5. The van der Waals surface area contributed by atoms with E-state index in [1.807, 2.05) is 30.3 Å². The second-order valence-electron chi connectivity index (χ2n) is 7.59. The number of aromatic nitrogens is 2. The number of rotatable bonds is 7. The van der Waals surface area contributed by atoms with Crippen molar-refractivity contribution in [2.45, 2.75) is 13.0 Å². The molecule has 0 aliphatic carbocycles. The maximum absolute atomic E-state index is 12.8. The minimum absolute atomic E-state index is 0.232. The smallest absolute Gasteiger partial charge is 0.328 e. The summed E-state index contributed by atoms with van der Waals surface area (Å²) in [4.78, 5) is 42.8. The quantitative estimate of drug-likeness (QED) is 0.592. The van der Waals surface area contributed by atoms with Crippen LogP contribution in [0.4, 0.5) is 0 Å². The minimum Gasteiger partial charge on any atom is -0.379 e. The Bertz CT molecular complexity index is 1160. The third-order valence-electron chi connectivity index (χ3n) is 5.53. The molecule has 1 aliphatic heterocycles. The number of nitrogens with zero attached hydrogens (tertiary/aromatic N) is 2. The Morgan fingerprint density at radius 1 is 1.03 bits per heavy atom. The first kappa shape index (κ1) is 21.0. The number of aryl methyl sites for hydroxylation is 1. The molecule has 4 rings (SSSR count). The Kier molecular flexibility index (Phi) is 6.59. The van der Waals surface area contributed by atoms with Crippen molar-refractivity contribution in [3.05, 3.63) is 80.5 Å². The van der Waals surface area contributed by atoms with Gasteiger partial charge >= 0.3 is 5.69 Å². The van der Waals surface area contributed by atoms with Crippen molar-refractivity contribution in [1.29, 1.82) is 0 Å².